The van der Waals surface area contributed by atoms with E-state index in [1.54, 1.807) is 48.0 Å². The molecule has 4 rings (SSSR count). The molecule has 0 fully saturated rings. The number of carbonyl (C=O) groups is 1. The summed E-state index contributed by atoms with van der Waals surface area (Å²) >= 11 is 0. The Kier molecular flexibility index (Phi) is 3.97. The van der Waals surface area contributed by atoms with E-state index in [2.05, 4.69) is 5.32 Å². The van der Waals surface area contributed by atoms with Gasteiger partial charge in [-0.3, -0.25) is 9.10 Å². The summed E-state index contributed by atoms with van der Waals surface area (Å²) in [7, 11) is -1.09. The zero-order chi connectivity index (χ0) is 20.2. The molecular weight excluding hydrogens is 378 g/mol. The van der Waals surface area contributed by atoms with Crippen molar-refractivity contribution >= 4 is 38.3 Å². The predicted molar refractivity (Wildman–Crippen MR) is 107 cm³/mol. The summed E-state index contributed by atoms with van der Waals surface area (Å²) < 4.78 is 28.8. The van der Waals surface area contributed by atoms with Gasteiger partial charge in [-0.05, 0) is 25.1 Å². The second-order valence-electron chi connectivity index (χ2n) is 6.74. The minimum atomic E-state index is -4.02. The fourth-order valence-electron chi connectivity index (χ4n) is 3.48. The van der Waals surface area contributed by atoms with Crippen LogP contribution in [-0.2, 0) is 21.9 Å². The molecule has 8 heteroatoms. The molecule has 144 valence electrons. The first-order valence-corrected chi connectivity index (χ1v) is 10.1. The Labute approximate surface area is 162 Å². The van der Waals surface area contributed by atoms with Crippen molar-refractivity contribution in [3.8, 4) is 0 Å². The average Bonchev–Trinajstić information content (AvgIpc) is 2.97. The van der Waals surface area contributed by atoms with Gasteiger partial charge in [0, 0.05) is 30.7 Å². The van der Waals surface area contributed by atoms with Gasteiger partial charge in [0.05, 0.1) is 0 Å². The molecule has 0 saturated heterocycles. The predicted octanol–water partition coefficient (Wildman–Crippen LogP) is 2.99. The molecule has 2 N–H and O–H groups in total. The van der Waals surface area contributed by atoms with E-state index in [4.69, 9.17) is 0 Å². The SMILES string of the molecule is Cc1ccc(NC(=O)C2=C(O)c3c(c4ccccc4n3C)S(=O)(=O)N2C)cc1. The molecule has 1 amide bonds. The van der Waals surface area contributed by atoms with E-state index in [0.29, 0.717) is 16.6 Å². The Hall–Kier alpha value is -3.26. The first kappa shape index (κ1) is 18.1. The first-order valence-electron chi connectivity index (χ1n) is 8.61. The highest BCUT2D eigenvalue weighted by molar-refractivity contribution is 7.89. The lowest BCUT2D eigenvalue weighted by molar-refractivity contribution is -0.113. The Balaban J connectivity index is 1.91. The number of nitrogens with one attached hydrogen (secondary N) is 1. The van der Waals surface area contributed by atoms with E-state index < -0.39 is 15.9 Å². The van der Waals surface area contributed by atoms with E-state index in [0.717, 1.165) is 9.87 Å². The van der Waals surface area contributed by atoms with E-state index in [9.17, 15) is 18.3 Å². The second-order valence-corrected chi connectivity index (χ2v) is 8.65. The number of fused-ring (bicyclic) bond motifs is 3. The van der Waals surface area contributed by atoms with Crippen molar-refractivity contribution < 1.29 is 18.3 Å². The van der Waals surface area contributed by atoms with Crippen molar-refractivity contribution in [3.05, 3.63) is 65.5 Å². The second kappa shape index (κ2) is 6.13. The van der Waals surface area contributed by atoms with Crippen molar-refractivity contribution in [1.82, 2.24) is 8.87 Å². The lowest BCUT2D eigenvalue weighted by atomic mass is 10.2. The summed E-state index contributed by atoms with van der Waals surface area (Å²) in [6.45, 7) is 1.92. The van der Waals surface area contributed by atoms with Crippen LogP contribution < -0.4 is 5.32 Å². The molecule has 3 aromatic rings. The number of amides is 1. The molecule has 2 heterocycles. The van der Waals surface area contributed by atoms with Crippen molar-refractivity contribution in [2.24, 2.45) is 7.05 Å². The van der Waals surface area contributed by atoms with Crippen molar-refractivity contribution in [1.29, 1.82) is 0 Å². The number of aryl methyl sites for hydroxylation is 2. The van der Waals surface area contributed by atoms with Gasteiger partial charge in [-0.15, -0.1) is 0 Å². The van der Waals surface area contributed by atoms with Gasteiger partial charge in [-0.1, -0.05) is 35.9 Å². The number of aliphatic hydroxyl groups excluding tert-OH is 1. The fourth-order valence-corrected chi connectivity index (χ4v) is 5.09. The van der Waals surface area contributed by atoms with E-state index in [1.165, 1.54) is 7.05 Å². The minimum Gasteiger partial charge on any atom is -0.504 e. The summed E-state index contributed by atoms with van der Waals surface area (Å²) in [5.41, 5.74) is 1.96. The molecule has 0 aliphatic carbocycles. The number of sulfonamides is 1. The molecule has 1 aliphatic heterocycles. The molecular formula is C20H19N3O4S. The van der Waals surface area contributed by atoms with Crippen molar-refractivity contribution in [2.45, 2.75) is 11.8 Å². The van der Waals surface area contributed by atoms with Crippen LogP contribution in [0.15, 0.2) is 59.1 Å². The summed E-state index contributed by atoms with van der Waals surface area (Å²) in [4.78, 5) is 12.9. The molecule has 28 heavy (non-hydrogen) atoms. The highest BCUT2D eigenvalue weighted by Gasteiger charge is 2.41. The third-order valence-electron chi connectivity index (χ3n) is 4.97. The van der Waals surface area contributed by atoms with Crippen LogP contribution in [0.1, 0.15) is 11.3 Å². The molecule has 7 nitrogen and oxygen atoms in total. The fraction of sp³-hybridized carbons (Fsp3) is 0.150. The topological polar surface area (TPSA) is 91.6 Å². The maximum absolute atomic E-state index is 13.2. The van der Waals surface area contributed by atoms with E-state index in [1.807, 2.05) is 19.1 Å². The maximum Gasteiger partial charge on any atom is 0.276 e. The molecule has 0 bridgehead atoms. The number of aliphatic hydroxyl groups is 1. The molecule has 0 saturated carbocycles. The summed E-state index contributed by atoms with van der Waals surface area (Å²) in [6.07, 6.45) is 0. The summed E-state index contributed by atoms with van der Waals surface area (Å²) in [5.74, 6) is -1.08. The zero-order valence-corrected chi connectivity index (χ0v) is 16.4. The Morgan fingerprint density at radius 3 is 2.36 bits per heavy atom. The van der Waals surface area contributed by atoms with Crippen LogP contribution in [0.5, 0.6) is 0 Å². The zero-order valence-electron chi connectivity index (χ0n) is 15.6. The van der Waals surface area contributed by atoms with Crippen LogP contribution in [0.2, 0.25) is 0 Å². The number of nitrogens with zero attached hydrogens (tertiary/aromatic N) is 2. The van der Waals surface area contributed by atoms with E-state index >= 15 is 0 Å². The van der Waals surface area contributed by atoms with Gasteiger partial charge in [-0.2, -0.15) is 0 Å². The number of rotatable bonds is 2. The molecule has 1 aromatic heterocycles. The maximum atomic E-state index is 13.2. The van der Waals surface area contributed by atoms with Gasteiger partial charge < -0.3 is 15.0 Å². The molecule has 0 radical (unpaired) electrons. The summed E-state index contributed by atoms with van der Waals surface area (Å²) in [6, 6.07) is 14.1. The van der Waals surface area contributed by atoms with Crippen LogP contribution in [0.25, 0.3) is 16.7 Å². The Morgan fingerprint density at radius 2 is 1.68 bits per heavy atom. The summed E-state index contributed by atoms with van der Waals surface area (Å²) in [5, 5.41) is 14.0. The van der Waals surface area contributed by atoms with Crippen LogP contribution >= 0.6 is 0 Å². The highest BCUT2D eigenvalue weighted by Crippen LogP contribution is 2.40. The third-order valence-corrected chi connectivity index (χ3v) is 6.80. The monoisotopic (exact) mass is 397 g/mol. The number of anilines is 1. The van der Waals surface area contributed by atoms with Crippen molar-refractivity contribution in [2.75, 3.05) is 12.4 Å². The van der Waals surface area contributed by atoms with Gasteiger partial charge in [-0.25, -0.2) is 8.42 Å². The van der Waals surface area contributed by atoms with Crippen LogP contribution in [-0.4, -0.2) is 35.4 Å². The van der Waals surface area contributed by atoms with E-state index in [-0.39, 0.29) is 22.0 Å². The first-order chi connectivity index (χ1) is 13.2. The molecule has 0 atom stereocenters. The average molecular weight is 397 g/mol. The van der Waals surface area contributed by atoms with Crippen LogP contribution in [0.3, 0.4) is 0 Å². The van der Waals surface area contributed by atoms with Gasteiger partial charge in [0.2, 0.25) is 0 Å². The Morgan fingerprint density at radius 1 is 1.04 bits per heavy atom. The minimum absolute atomic E-state index is 0.00233. The molecule has 0 spiro atoms. The van der Waals surface area contributed by atoms with Gasteiger partial charge in [0.1, 0.15) is 10.6 Å². The standard InChI is InChI=1S/C20H19N3O4S/c1-12-8-10-13(11-9-12)21-20(25)17-18(24)16-19(28(26,27)23(17)3)14-6-4-5-7-15(14)22(16)2/h4-11,24H,1-3H3,(H,21,25). The quantitative estimate of drug-likeness (QED) is 0.695. The highest BCUT2D eigenvalue weighted by atomic mass is 32.2. The van der Waals surface area contributed by atoms with Crippen LogP contribution in [0.4, 0.5) is 5.69 Å². The van der Waals surface area contributed by atoms with Crippen molar-refractivity contribution in [3.63, 3.8) is 0 Å². The molecule has 0 unspecified atom stereocenters. The lowest BCUT2D eigenvalue weighted by Gasteiger charge is -2.27. The van der Waals surface area contributed by atoms with Gasteiger partial charge in [0.15, 0.2) is 11.5 Å². The number of benzene rings is 2. The smallest absolute Gasteiger partial charge is 0.276 e. The molecule has 2 aromatic carbocycles. The molecule has 1 aliphatic rings. The normalized spacial score (nSPS) is 15.6. The number of para-hydroxylation sites is 1. The number of hydrogen-bond donors (Lipinski definition) is 2. The third kappa shape index (κ3) is 2.49. The number of likely N-dealkylation sites (N-methyl/N-ethyl adjacent to an activating group) is 1. The Bertz CT molecular complexity index is 1250. The number of hydrogen-bond acceptors (Lipinski definition) is 4. The lowest BCUT2D eigenvalue weighted by Crippen LogP contribution is -2.37. The largest absolute Gasteiger partial charge is 0.504 e. The number of aromatic nitrogens is 1. The number of carbonyl (C=O) groups excluding carboxylic acids is 1. The van der Waals surface area contributed by atoms with Crippen LogP contribution in [0, 0.1) is 6.92 Å². The van der Waals surface area contributed by atoms with Gasteiger partial charge >= 0.3 is 0 Å². The van der Waals surface area contributed by atoms with Gasteiger partial charge in [0.25, 0.3) is 15.9 Å².